The molecular weight excluding hydrogens is 176 g/mol. The Bertz CT molecular complexity index is 281. The molecule has 0 radical (unpaired) electrons. The van der Waals surface area contributed by atoms with Gasteiger partial charge in [-0.05, 0) is 6.54 Å². The molecule has 4 nitrogen and oxygen atoms in total. The first kappa shape index (κ1) is 9.68. The first-order valence-electron chi connectivity index (χ1n) is 5.33. The summed E-state index contributed by atoms with van der Waals surface area (Å²) in [5.41, 5.74) is 0. The zero-order valence-corrected chi connectivity index (χ0v) is 8.74. The molecule has 1 aromatic heterocycles. The zero-order valence-electron chi connectivity index (χ0n) is 8.74. The molecule has 1 aliphatic rings. The van der Waals surface area contributed by atoms with Crippen molar-refractivity contribution in [2.45, 2.75) is 20.0 Å². The van der Waals surface area contributed by atoms with Crippen molar-refractivity contribution in [2.24, 2.45) is 0 Å². The molecule has 0 saturated carbocycles. The quantitative estimate of drug-likeness (QED) is 0.700. The van der Waals surface area contributed by atoms with Gasteiger partial charge in [-0.15, -0.1) is 0 Å². The van der Waals surface area contributed by atoms with Crippen LogP contribution in [0.1, 0.15) is 12.7 Å². The maximum atomic E-state index is 4.34. The van der Waals surface area contributed by atoms with Crippen LogP contribution in [0.3, 0.4) is 0 Å². The molecule has 0 spiro atoms. The maximum Gasteiger partial charge on any atom is 0.122 e. The van der Waals surface area contributed by atoms with E-state index < -0.39 is 0 Å². The second-order valence-corrected chi connectivity index (χ2v) is 3.67. The largest absolute Gasteiger partial charge is 0.333 e. The Kier molecular flexibility index (Phi) is 3.16. The van der Waals surface area contributed by atoms with E-state index in [0.717, 1.165) is 39.3 Å². The molecule has 0 fully saturated rings. The van der Waals surface area contributed by atoms with Gasteiger partial charge < -0.3 is 9.88 Å². The van der Waals surface area contributed by atoms with Crippen molar-refractivity contribution in [1.29, 1.82) is 0 Å². The van der Waals surface area contributed by atoms with Crippen molar-refractivity contribution in [3.8, 4) is 0 Å². The SMILES string of the molecule is CCNCCN1CCn2ccnc2C1. The summed E-state index contributed by atoms with van der Waals surface area (Å²) in [7, 11) is 0. The number of nitrogens with one attached hydrogen (secondary N) is 1. The summed E-state index contributed by atoms with van der Waals surface area (Å²) >= 11 is 0. The Morgan fingerprint density at radius 1 is 1.50 bits per heavy atom. The van der Waals surface area contributed by atoms with E-state index in [2.05, 4.69) is 32.9 Å². The monoisotopic (exact) mass is 194 g/mol. The summed E-state index contributed by atoms with van der Waals surface area (Å²) in [5, 5.41) is 3.34. The van der Waals surface area contributed by atoms with Crippen molar-refractivity contribution >= 4 is 0 Å². The van der Waals surface area contributed by atoms with Crippen molar-refractivity contribution in [3.63, 3.8) is 0 Å². The molecule has 0 bridgehead atoms. The van der Waals surface area contributed by atoms with Crippen molar-refractivity contribution in [3.05, 3.63) is 18.2 Å². The second kappa shape index (κ2) is 4.57. The summed E-state index contributed by atoms with van der Waals surface area (Å²) in [5.74, 6) is 1.20. The molecule has 78 valence electrons. The molecule has 1 aromatic rings. The number of aromatic nitrogens is 2. The summed E-state index contributed by atoms with van der Waals surface area (Å²) < 4.78 is 2.24. The van der Waals surface area contributed by atoms with Crippen LogP contribution in [0.4, 0.5) is 0 Å². The Morgan fingerprint density at radius 3 is 3.29 bits per heavy atom. The Hall–Kier alpha value is -0.870. The molecule has 14 heavy (non-hydrogen) atoms. The lowest BCUT2D eigenvalue weighted by Gasteiger charge is -2.27. The Labute approximate surface area is 84.9 Å². The highest BCUT2D eigenvalue weighted by Crippen LogP contribution is 2.08. The third-order valence-electron chi connectivity index (χ3n) is 2.68. The van der Waals surface area contributed by atoms with Gasteiger partial charge in [0, 0.05) is 38.6 Å². The van der Waals surface area contributed by atoms with Crippen LogP contribution in [0.2, 0.25) is 0 Å². The van der Waals surface area contributed by atoms with Crippen LogP contribution in [-0.2, 0) is 13.1 Å². The minimum atomic E-state index is 0.998. The average molecular weight is 194 g/mol. The van der Waals surface area contributed by atoms with Crippen LogP contribution < -0.4 is 5.32 Å². The second-order valence-electron chi connectivity index (χ2n) is 3.67. The molecule has 0 amide bonds. The highest BCUT2D eigenvalue weighted by Gasteiger charge is 2.15. The van der Waals surface area contributed by atoms with Crippen LogP contribution in [0.15, 0.2) is 12.4 Å². The standard InChI is InChI=1S/C10H18N4/c1-2-11-3-5-13-7-8-14-6-4-12-10(14)9-13/h4,6,11H,2-3,5,7-9H2,1H3. The highest BCUT2D eigenvalue weighted by molar-refractivity contribution is 4.95. The van der Waals surface area contributed by atoms with Gasteiger partial charge in [-0.1, -0.05) is 6.92 Å². The Morgan fingerprint density at radius 2 is 2.43 bits per heavy atom. The predicted octanol–water partition coefficient (Wildman–Crippen LogP) is 0.308. The summed E-state index contributed by atoms with van der Waals surface area (Å²) in [6.45, 7) is 8.64. The summed E-state index contributed by atoms with van der Waals surface area (Å²) in [6, 6.07) is 0. The van der Waals surface area contributed by atoms with E-state index in [1.807, 2.05) is 6.20 Å². The van der Waals surface area contributed by atoms with Crippen LogP contribution in [0.5, 0.6) is 0 Å². The van der Waals surface area contributed by atoms with Gasteiger partial charge in [-0.25, -0.2) is 4.98 Å². The van der Waals surface area contributed by atoms with E-state index in [4.69, 9.17) is 0 Å². The van der Waals surface area contributed by atoms with E-state index in [9.17, 15) is 0 Å². The van der Waals surface area contributed by atoms with Crippen LogP contribution >= 0.6 is 0 Å². The van der Waals surface area contributed by atoms with Gasteiger partial charge in [0.25, 0.3) is 0 Å². The van der Waals surface area contributed by atoms with Crippen molar-refractivity contribution < 1.29 is 0 Å². The van der Waals surface area contributed by atoms with E-state index in [1.165, 1.54) is 5.82 Å². The summed E-state index contributed by atoms with van der Waals surface area (Å²) in [4.78, 5) is 6.79. The topological polar surface area (TPSA) is 33.1 Å². The van der Waals surface area contributed by atoms with Gasteiger partial charge in [0.1, 0.15) is 5.82 Å². The number of likely N-dealkylation sites (N-methyl/N-ethyl adjacent to an activating group) is 1. The fraction of sp³-hybridized carbons (Fsp3) is 0.700. The molecule has 1 N–H and O–H groups in total. The molecule has 2 heterocycles. The Balaban J connectivity index is 1.82. The first-order valence-corrected chi connectivity index (χ1v) is 5.33. The number of fused-ring (bicyclic) bond motifs is 1. The van der Waals surface area contributed by atoms with E-state index in [1.54, 1.807) is 0 Å². The summed E-state index contributed by atoms with van der Waals surface area (Å²) in [6.07, 6.45) is 3.96. The molecule has 0 atom stereocenters. The van der Waals surface area contributed by atoms with Crippen LogP contribution in [0.25, 0.3) is 0 Å². The number of rotatable bonds is 4. The normalized spacial score (nSPS) is 16.9. The number of imidazole rings is 1. The van der Waals surface area contributed by atoms with Crippen LogP contribution in [0, 0.1) is 0 Å². The lowest BCUT2D eigenvalue weighted by molar-refractivity contribution is 0.218. The van der Waals surface area contributed by atoms with E-state index >= 15 is 0 Å². The minimum Gasteiger partial charge on any atom is -0.333 e. The third kappa shape index (κ3) is 2.13. The molecule has 0 unspecified atom stereocenters. The average Bonchev–Trinajstić information content (AvgIpc) is 2.65. The number of hydrogen-bond acceptors (Lipinski definition) is 3. The molecule has 0 aliphatic carbocycles. The van der Waals surface area contributed by atoms with Crippen molar-refractivity contribution in [1.82, 2.24) is 19.8 Å². The predicted molar refractivity (Wildman–Crippen MR) is 56.0 cm³/mol. The van der Waals surface area contributed by atoms with Crippen molar-refractivity contribution in [2.75, 3.05) is 26.2 Å². The lowest BCUT2D eigenvalue weighted by Crippen LogP contribution is -2.38. The van der Waals surface area contributed by atoms with Gasteiger partial charge in [-0.2, -0.15) is 0 Å². The smallest absolute Gasteiger partial charge is 0.122 e. The third-order valence-corrected chi connectivity index (χ3v) is 2.68. The highest BCUT2D eigenvalue weighted by atomic mass is 15.2. The van der Waals surface area contributed by atoms with E-state index in [-0.39, 0.29) is 0 Å². The fourth-order valence-electron chi connectivity index (χ4n) is 1.83. The fourth-order valence-corrected chi connectivity index (χ4v) is 1.83. The molecular formula is C10H18N4. The van der Waals surface area contributed by atoms with Gasteiger partial charge in [0.05, 0.1) is 6.54 Å². The maximum absolute atomic E-state index is 4.34. The number of hydrogen-bond donors (Lipinski definition) is 1. The molecule has 0 saturated heterocycles. The molecule has 0 aromatic carbocycles. The first-order chi connectivity index (χ1) is 6.90. The molecule has 2 rings (SSSR count). The van der Waals surface area contributed by atoms with Gasteiger partial charge in [-0.3, -0.25) is 4.90 Å². The lowest BCUT2D eigenvalue weighted by atomic mass is 10.3. The van der Waals surface area contributed by atoms with Gasteiger partial charge >= 0.3 is 0 Å². The number of nitrogens with zero attached hydrogens (tertiary/aromatic N) is 3. The van der Waals surface area contributed by atoms with Crippen LogP contribution in [-0.4, -0.2) is 40.6 Å². The van der Waals surface area contributed by atoms with Gasteiger partial charge in [0.2, 0.25) is 0 Å². The minimum absolute atomic E-state index is 0.998. The van der Waals surface area contributed by atoms with Gasteiger partial charge in [0.15, 0.2) is 0 Å². The molecule has 4 heteroatoms. The molecule has 1 aliphatic heterocycles. The zero-order chi connectivity index (χ0) is 9.80. The van der Waals surface area contributed by atoms with E-state index in [0.29, 0.717) is 0 Å².